The first-order valence-corrected chi connectivity index (χ1v) is 4.56. The van der Waals surface area contributed by atoms with Crippen LogP contribution < -0.4 is 5.32 Å². The number of hydrogen-bond acceptors (Lipinski definition) is 2. The fraction of sp³-hybridized carbons (Fsp3) is 0.778. The molecule has 1 heterocycles. The van der Waals surface area contributed by atoms with Gasteiger partial charge in [0.25, 0.3) is 5.91 Å². The van der Waals surface area contributed by atoms with E-state index in [1.807, 2.05) is 21.1 Å². The van der Waals surface area contributed by atoms with Gasteiger partial charge >= 0.3 is 6.03 Å². The third-order valence-electron chi connectivity index (χ3n) is 2.25. The molecule has 5 heteroatoms. The van der Waals surface area contributed by atoms with Crippen LogP contribution in [-0.4, -0.2) is 61.6 Å². The standard InChI is InChI=1S/C9H17N3O2/c1-9(6-12(3,4)5)7(13)11(2)8(14)10-9/h6H2,1-5H3/p+1. The second kappa shape index (κ2) is 2.95. The number of urea groups is 1. The van der Waals surface area contributed by atoms with E-state index in [2.05, 4.69) is 5.32 Å². The SMILES string of the molecule is CN1C(=O)NC(C)(C[N+](C)(C)C)C1=O. The van der Waals surface area contributed by atoms with Gasteiger partial charge in [0.2, 0.25) is 0 Å². The summed E-state index contributed by atoms with van der Waals surface area (Å²) in [4.78, 5) is 24.2. The molecule has 1 aliphatic rings. The van der Waals surface area contributed by atoms with Gasteiger partial charge in [0.05, 0.1) is 21.1 Å². The van der Waals surface area contributed by atoms with Crippen LogP contribution in [0.5, 0.6) is 0 Å². The number of carbonyl (C=O) groups excluding carboxylic acids is 2. The molecule has 80 valence electrons. The minimum Gasteiger partial charge on any atom is -0.329 e. The Morgan fingerprint density at radius 2 is 1.86 bits per heavy atom. The highest BCUT2D eigenvalue weighted by Gasteiger charge is 2.49. The fourth-order valence-corrected chi connectivity index (χ4v) is 1.89. The van der Waals surface area contributed by atoms with Crippen molar-refractivity contribution in [3.63, 3.8) is 0 Å². The molecule has 0 saturated carbocycles. The van der Waals surface area contributed by atoms with Crippen molar-refractivity contribution in [3.05, 3.63) is 0 Å². The third kappa shape index (κ3) is 1.87. The van der Waals surface area contributed by atoms with Crippen molar-refractivity contribution in [2.24, 2.45) is 0 Å². The fourth-order valence-electron chi connectivity index (χ4n) is 1.89. The molecule has 0 radical (unpaired) electrons. The van der Waals surface area contributed by atoms with Gasteiger partial charge < -0.3 is 9.80 Å². The minimum absolute atomic E-state index is 0.157. The van der Waals surface area contributed by atoms with Crippen molar-refractivity contribution in [1.29, 1.82) is 0 Å². The van der Waals surface area contributed by atoms with E-state index in [0.717, 1.165) is 4.90 Å². The number of amides is 3. The Morgan fingerprint density at radius 1 is 1.36 bits per heavy atom. The Balaban J connectivity index is 2.87. The molecule has 1 rings (SSSR count). The maximum absolute atomic E-state index is 11.7. The highest BCUT2D eigenvalue weighted by Crippen LogP contribution is 2.18. The van der Waals surface area contributed by atoms with E-state index in [4.69, 9.17) is 0 Å². The Bertz CT molecular complexity index is 282. The van der Waals surface area contributed by atoms with Crippen LogP contribution in [0.3, 0.4) is 0 Å². The van der Waals surface area contributed by atoms with Gasteiger partial charge in [-0.05, 0) is 6.92 Å². The molecule has 1 N–H and O–H groups in total. The summed E-state index contributed by atoms with van der Waals surface area (Å²) >= 11 is 0. The summed E-state index contributed by atoms with van der Waals surface area (Å²) in [5, 5.41) is 2.71. The molecule has 0 aliphatic carbocycles. The number of likely N-dealkylation sites (N-methyl/N-ethyl adjacent to an activating group) is 2. The Labute approximate surface area is 84.3 Å². The van der Waals surface area contributed by atoms with Gasteiger partial charge in [-0.3, -0.25) is 9.69 Å². The summed E-state index contributed by atoms with van der Waals surface area (Å²) in [7, 11) is 7.47. The summed E-state index contributed by atoms with van der Waals surface area (Å²) in [5.41, 5.74) is -0.760. The maximum Gasteiger partial charge on any atom is 0.324 e. The van der Waals surface area contributed by atoms with Crippen molar-refractivity contribution in [2.75, 3.05) is 34.7 Å². The zero-order valence-corrected chi connectivity index (χ0v) is 9.42. The van der Waals surface area contributed by atoms with Gasteiger partial charge in [-0.25, -0.2) is 4.79 Å². The summed E-state index contributed by atoms with van der Waals surface area (Å²) in [6.07, 6.45) is 0. The normalized spacial score (nSPS) is 28.2. The number of nitrogens with zero attached hydrogens (tertiary/aromatic N) is 2. The first kappa shape index (κ1) is 11.0. The molecule has 0 aromatic heterocycles. The quantitative estimate of drug-likeness (QED) is 0.488. The molecule has 1 aliphatic heterocycles. The predicted molar refractivity (Wildman–Crippen MR) is 52.6 cm³/mol. The summed E-state index contributed by atoms with van der Waals surface area (Å²) in [6, 6.07) is -0.314. The second-order valence-electron chi connectivity index (χ2n) is 5.07. The van der Waals surface area contributed by atoms with Crippen molar-refractivity contribution < 1.29 is 14.1 Å². The smallest absolute Gasteiger partial charge is 0.324 e. The third-order valence-corrected chi connectivity index (χ3v) is 2.25. The van der Waals surface area contributed by atoms with Crippen LogP contribution in [-0.2, 0) is 4.79 Å². The molecule has 14 heavy (non-hydrogen) atoms. The highest BCUT2D eigenvalue weighted by molar-refractivity contribution is 6.06. The topological polar surface area (TPSA) is 49.4 Å². The van der Waals surface area contributed by atoms with E-state index in [-0.39, 0.29) is 11.9 Å². The number of quaternary nitrogens is 1. The molecule has 0 aromatic carbocycles. The van der Waals surface area contributed by atoms with Gasteiger partial charge in [0, 0.05) is 7.05 Å². The van der Waals surface area contributed by atoms with Gasteiger partial charge in [0.15, 0.2) is 5.54 Å². The first-order chi connectivity index (χ1) is 6.16. The van der Waals surface area contributed by atoms with E-state index in [1.54, 1.807) is 6.92 Å². The number of carbonyl (C=O) groups is 2. The lowest BCUT2D eigenvalue weighted by molar-refractivity contribution is -0.872. The van der Waals surface area contributed by atoms with Crippen molar-refractivity contribution in [1.82, 2.24) is 10.2 Å². The second-order valence-corrected chi connectivity index (χ2v) is 5.07. The van der Waals surface area contributed by atoms with Crippen molar-refractivity contribution in [3.8, 4) is 0 Å². The highest BCUT2D eigenvalue weighted by atomic mass is 16.2. The molecular weight excluding hydrogens is 182 g/mol. The molecule has 1 atom stereocenters. The van der Waals surface area contributed by atoms with E-state index >= 15 is 0 Å². The van der Waals surface area contributed by atoms with Crippen LogP contribution in [0, 0.1) is 0 Å². The van der Waals surface area contributed by atoms with Crippen LogP contribution >= 0.6 is 0 Å². The van der Waals surface area contributed by atoms with Crippen LogP contribution in [0.4, 0.5) is 4.79 Å². The lowest BCUT2D eigenvalue weighted by Crippen LogP contribution is -2.56. The van der Waals surface area contributed by atoms with Crippen LogP contribution in [0.15, 0.2) is 0 Å². The molecule has 3 amide bonds. The van der Waals surface area contributed by atoms with Crippen LogP contribution in [0.2, 0.25) is 0 Å². The predicted octanol–water partition coefficient (Wildman–Crippen LogP) is -0.367. The zero-order chi connectivity index (χ0) is 11.1. The van der Waals surface area contributed by atoms with Gasteiger partial charge in [-0.15, -0.1) is 0 Å². The van der Waals surface area contributed by atoms with E-state index < -0.39 is 5.54 Å². The van der Waals surface area contributed by atoms with Crippen molar-refractivity contribution in [2.45, 2.75) is 12.5 Å². The Kier molecular flexibility index (Phi) is 2.31. The van der Waals surface area contributed by atoms with E-state index in [1.165, 1.54) is 7.05 Å². The summed E-state index contributed by atoms with van der Waals surface area (Å²) in [5.74, 6) is -0.157. The van der Waals surface area contributed by atoms with Gasteiger partial charge in [-0.2, -0.15) is 0 Å². The number of hydrogen-bond donors (Lipinski definition) is 1. The van der Waals surface area contributed by atoms with E-state index in [0.29, 0.717) is 11.0 Å². The number of rotatable bonds is 2. The van der Waals surface area contributed by atoms with Crippen molar-refractivity contribution >= 4 is 11.9 Å². The van der Waals surface area contributed by atoms with E-state index in [9.17, 15) is 9.59 Å². The lowest BCUT2D eigenvalue weighted by atomic mass is 10.0. The number of imide groups is 1. The molecule has 1 unspecified atom stereocenters. The minimum atomic E-state index is -0.760. The average Bonchev–Trinajstić information content (AvgIpc) is 2.11. The molecule has 0 aromatic rings. The van der Waals surface area contributed by atoms with Gasteiger partial charge in [0.1, 0.15) is 6.54 Å². The lowest BCUT2D eigenvalue weighted by Gasteiger charge is -2.32. The monoisotopic (exact) mass is 200 g/mol. The summed E-state index contributed by atoms with van der Waals surface area (Å²) < 4.78 is 0.635. The average molecular weight is 200 g/mol. The zero-order valence-electron chi connectivity index (χ0n) is 9.42. The molecule has 1 fully saturated rings. The van der Waals surface area contributed by atoms with Crippen LogP contribution in [0.1, 0.15) is 6.92 Å². The first-order valence-electron chi connectivity index (χ1n) is 4.56. The molecule has 0 bridgehead atoms. The summed E-state index contributed by atoms with van der Waals surface area (Å²) in [6.45, 7) is 2.35. The van der Waals surface area contributed by atoms with Crippen LogP contribution in [0.25, 0.3) is 0 Å². The molecule has 0 spiro atoms. The maximum atomic E-state index is 11.7. The number of nitrogens with one attached hydrogen (secondary N) is 1. The Hall–Kier alpha value is -1.10. The Morgan fingerprint density at radius 3 is 2.14 bits per heavy atom. The molecule has 5 nitrogen and oxygen atoms in total. The molecular formula is C9H18N3O2+. The van der Waals surface area contributed by atoms with Gasteiger partial charge in [-0.1, -0.05) is 0 Å². The molecule has 1 saturated heterocycles. The largest absolute Gasteiger partial charge is 0.329 e.